The summed E-state index contributed by atoms with van der Waals surface area (Å²) in [5.74, 6) is -1.48. The van der Waals surface area contributed by atoms with Crippen LogP contribution in [0.3, 0.4) is 0 Å². The van der Waals surface area contributed by atoms with E-state index in [9.17, 15) is 13.2 Å². The molecule has 0 spiro atoms. The summed E-state index contributed by atoms with van der Waals surface area (Å²) in [6.45, 7) is 6.49. The van der Waals surface area contributed by atoms with Crippen molar-refractivity contribution in [2.45, 2.75) is 45.1 Å². The molecule has 1 nitrogen and oxygen atoms in total. The van der Waals surface area contributed by atoms with Crippen LogP contribution < -0.4 is 0 Å². The molecule has 172 valence electrons. The number of allylic oxidation sites excluding steroid dienone is 1. The molecule has 0 N–H and O–H groups in total. The van der Waals surface area contributed by atoms with Crippen LogP contribution in [-0.4, -0.2) is 6.61 Å². The molecule has 0 bridgehead atoms. The van der Waals surface area contributed by atoms with E-state index >= 15 is 0 Å². The van der Waals surface area contributed by atoms with Gasteiger partial charge in [-0.1, -0.05) is 68.0 Å². The molecule has 3 aromatic rings. The minimum absolute atomic E-state index is 0.0757. The quantitative estimate of drug-likeness (QED) is 0.342. The zero-order valence-corrected chi connectivity index (χ0v) is 18.9. The van der Waals surface area contributed by atoms with E-state index in [1.54, 1.807) is 54.6 Å². The van der Waals surface area contributed by atoms with Gasteiger partial charge in [0.1, 0.15) is 5.82 Å². The maximum atomic E-state index is 15.0. The number of ether oxygens (including phenoxy) is 1. The number of halogens is 3. The number of hydrogen-bond acceptors (Lipinski definition) is 1. The fourth-order valence-electron chi connectivity index (χ4n) is 4.42. The summed E-state index contributed by atoms with van der Waals surface area (Å²) in [6, 6.07) is 15.3. The summed E-state index contributed by atoms with van der Waals surface area (Å²) in [6.07, 6.45) is 5.70. The van der Waals surface area contributed by atoms with Gasteiger partial charge in [0.15, 0.2) is 11.6 Å². The lowest BCUT2D eigenvalue weighted by Gasteiger charge is -2.17. The Kier molecular flexibility index (Phi) is 7.34. The molecule has 1 heterocycles. The molecule has 1 aliphatic rings. The summed E-state index contributed by atoms with van der Waals surface area (Å²) in [4.78, 5) is 0. The molecule has 4 heteroatoms. The molecular formula is C29H29F3O. The second kappa shape index (κ2) is 10.4. The summed E-state index contributed by atoms with van der Waals surface area (Å²) in [5.41, 5.74) is 3.08. The van der Waals surface area contributed by atoms with Crippen LogP contribution in [-0.2, 0) is 11.2 Å². The average molecular weight is 451 g/mol. The van der Waals surface area contributed by atoms with Crippen molar-refractivity contribution in [3.05, 3.63) is 95.8 Å². The van der Waals surface area contributed by atoms with Gasteiger partial charge < -0.3 is 4.74 Å². The summed E-state index contributed by atoms with van der Waals surface area (Å²) < 4.78 is 50.1. The third-order valence-electron chi connectivity index (χ3n) is 6.40. The number of rotatable bonds is 6. The summed E-state index contributed by atoms with van der Waals surface area (Å²) in [5, 5.41) is 0. The zero-order valence-electron chi connectivity index (χ0n) is 18.9. The van der Waals surface area contributed by atoms with Crippen LogP contribution in [0.5, 0.6) is 0 Å². The van der Waals surface area contributed by atoms with Gasteiger partial charge in [-0.25, -0.2) is 13.2 Å². The van der Waals surface area contributed by atoms with Crippen LogP contribution in [0.2, 0.25) is 0 Å². The van der Waals surface area contributed by atoms with Crippen molar-refractivity contribution >= 4 is 0 Å². The molecule has 1 saturated heterocycles. The lowest BCUT2D eigenvalue weighted by Crippen LogP contribution is -2.06. The van der Waals surface area contributed by atoms with Gasteiger partial charge in [-0.2, -0.15) is 0 Å². The fourth-order valence-corrected chi connectivity index (χ4v) is 4.42. The minimum atomic E-state index is -0.863. The van der Waals surface area contributed by atoms with E-state index in [1.807, 2.05) is 6.07 Å². The van der Waals surface area contributed by atoms with Crippen molar-refractivity contribution in [2.24, 2.45) is 5.92 Å². The van der Waals surface area contributed by atoms with Gasteiger partial charge in [0.2, 0.25) is 0 Å². The zero-order chi connectivity index (χ0) is 23.4. The third kappa shape index (κ3) is 5.22. The van der Waals surface area contributed by atoms with Crippen molar-refractivity contribution in [3.8, 4) is 22.3 Å². The molecule has 2 atom stereocenters. The first-order valence-electron chi connectivity index (χ1n) is 11.6. The molecule has 0 saturated carbocycles. The van der Waals surface area contributed by atoms with Gasteiger partial charge in [0.05, 0.1) is 6.10 Å². The highest BCUT2D eigenvalue weighted by Crippen LogP contribution is 2.33. The third-order valence-corrected chi connectivity index (χ3v) is 6.40. The van der Waals surface area contributed by atoms with E-state index in [-0.39, 0.29) is 17.5 Å². The molecule has 0 radical (unpaired) electrons. The highest BCUT2D eigenvalue weighted by molar-refractivity contribution is 5.71. The first-order valence-corrected chi connectivity index (χ1v) is 11.6. The second-order valence-electron chi connectivity index (χ2n) is 8.90. The molecule has 1 fully saturated rings. The number of hydrogen-bond donors (Lipinski definition) is 0. The first-order chi connectivity index (χ1) is 16.0. The van der Waals surface area contributed by atoms with Crippen molar-refractivity contribution in [3.63, 3.8) is 0 Å². The van der Waals surface area contributed by atoms with Gasteiger partial charge in [-0.15, -0.1) is 6.58 Å². The highest BCUT2D eigenvalue weighted by atomic mass is 19.2. The molecular weight excluding hydrogens is 421 g/mol. The Hall–Kier alpha value is -2.85. The molecule has 0 amide bonds. The van der Waals surface area contributed by atoms with Crippen molar-refractivity contribution < 1.29 is 17.9 Å². The van der Waals surface area contributed by atoms with E-state index in [4.69, 9.17) is 4.74 Å². The molecule has 4 rings (SSSR count). The SMILES string of the molecule is C=CCCc1ccc(-c2ccc(-c3ccc(C4CCCC(C)CO4)cc3F)cc2)c(F)c1F. The highest BCUT2D eigenvalue weighted by Gasteiger charge is 2.20. The molecule has 33 heavy (non-hydrogen) atoms. The molecule has 3 aromatic carbocycles. The number of benzene rings is 3. The van der Waals surface area contributed by atoms with Gasteiger partial charge in [-0.05, 0) is 59.9 Å². The van der Waals surface area contributed by atoms with Crippen LogP contribution in [0.4, 0.5) is 13.2 Å². The normalized spacial score (nSPS) is 18.7. The minimum Gasteiger partial charge on any atom is -0.373 e. The predicted molar refractivity (Wildman–Crippen MR) is 127 cm³/mol. The number of aryl methyl sites for hydroxylation is 1. The van der Waals surface area contributed by atoms with Crippen LogP contribution in [0.25, 0.3) is 22.3 Å². The van der Waals surface area contributed by atoms with Crippen molar-refractivity contribution in [1.29, 1.82) is 0 Å². The first kappa shape index (κ1) is 23.3. The molecule has 1 aliphatic heterocycles. The average Bonchev–Trinajstić information content (AvgIpc) is 3.05. The predicted octanol–water partition coefficient (Wildman–Crippen LogP) is 8.43. The van der Waals surface area contributed by atoms with Gasteiger partial charge in [0.25, 0.3) is 0 Å². The topological polar surface area (TPSA) is 9.23 Å². The van der Waals surface area contributed by atoms with Crippen LogP contribution in [0, 0.1) is 23.4 Å². The Morgan fingerprint density at radius 3 is 2.30 bits per heavy atom. The standard InChI is InChI=1S/C29H29F3O/c1-3-4-7-22-13-16-25(29(32)28(22)31)21-11-9-20(10-12-21)24-15-14-23(17-26(24)30)27-8-5-6-19(2)18-33-27/h3,9-17,19,27H,1,4-8,18H2,2H3. The molecule has 0 aliphatic carbocycles. The molecule has 2 unspecified atom stereocenters. The lowest BCUT2D eigenvalue weighted by molar-refractivity contribution is 0.0427. The van der Waals surface area contributed by atoms with Crippen LogP contribution in [0.15, 0.2) is 67.3 Å². The Bertz CT molecular complexity index is 1120. The molecule has 0 aromatic heterocycles. The summed E-state index contributed by atoms with van der Waals surface area (Å²) >= 11 is 0. The Morgan fingerprint density at radius 2 is 1.61 bits per heavy atom. The largest absolute Gasteiger partial charge is 0.373 e. The van der Waals surface area contributed by atoms with Crippen molar-refractivity contribution in [1.82, 2.24) is 0 Å². The summed E-state index contributed by atoms with van der Waals surface area (Å²) in [7, 11) is 0. The van der Waals surface area contributed by atoms with E-state index < -0.39 is 11.6 Å². The van der Waals surface area contributed by atoms with Gasteiger partial charge >= 0.3 is 0 Å². The van der Waals surface area contributed by atoms with E-state index in [2.05, 4.69) is 13.5 Å². The van der Waals surface area contributed by atoms with Gasteiger partial charge in [-0.3, -0.25) is 0 Å². The van der Waals surface area contributed by atoms with Crippen LogP contribution >= 0.6 is 0 Å². The Balaban J connectivity index is 1.55. The Morgan fingerprint density at radius 1 is 0.909 bits per heavy atom. The van der Waals surface area contributed by atoms with E-state index in [0.29, 0.717) is 47.6 Å². The second-order valence-corrected chi connectivity index (χ2v) is 8.90. The Labute approximate surface area is 193 Å². The lowest BCUT2D eigenvalue weighted by atomic mass is 9.96. The monoisotopic (exact) mass is 450 g/mol. The van der Waals surface area contributed by atoms with Gasteiger partial charge in [0, 0.05) is 17.7 Å². The van der Waals surface area contributed by atoms with Crippen molar-refractivity contribution in [2.75, 3.05) is 6.61 Å². The maximum absolute atomic E-state index is 15.0. The van der Waals surface area contributed by atoms with E-state index in [0.717, 1.165) is 24.8 Å². The van der Waals surface area contributed by atoms with E-state index in [1.165, 1.54) is 0 Å². The van der Waals surface area contributed by atoms with Crippen LogP contribution in [0.1, 0.15) is 49.8 Å². The fraction of sp³-hybridized carbons (Fsp3) is 0.310. The maximum Gasteiger partial charge on any atom is 0.166 e. The smallest absolute Gasteiger partial charge is 0.166 e.